The molecule has 4 nitrogen and oxygen atoms in total. The van der Waals surface area contributed by atoms with Crippen molar-refractivity contribution in [3.05, 3.63) is 95.1 Å². The fourth-order valence-corrected chi connectivity index (χ4v) is 6.43. The maximum atomic E-state index is 13.9. The molecule has 166 valence electrons. The predicted molar refractivity (Wildman–Crippen MR) is 127 cm³/mol. The molecule has 0 radical (unpaired) electrons. The highest BCUT2D eigenvalue weighted by Crippen LogP contribution is 2.64. The van der Waals surface area contributed by atoms with Crippen molar-refractivity contribution in [1.82, 2.24) is 0 Å². The van der Waals surface area contributed by atoms with Crippen LogP contribution in [0.1, 0.15) is 54.9 Å². The monoisotopic (exact) mass is 437 g/mol. The Morgan fingerprint density at radius 1 is 0.848 bits per heavy atom. The largest absolute Gasteiger partial charge is 0.494 e. The van der Waals surface area contributed by atoms with Crippen LogP contribution in [0, 0.1) is 11.8 Å². The summed E-state index contributed by atoms with van der Waals surface area (Å²) in [4.78, 5) is 29.2. The first-order chi connectivity index (χ1) is 16.1. The van der Waals surface area contributed by atoms with Gasteiger partial charge in [-0.2, -0.15) is 0 Å². The summed E-state index contributed by atoms with van der Waals surface area (Å²) in [6, 6.07) is 24.1. The number of hydrogen-bond donors (Lipinski definition) is 0. The molecule has 1 saturated heterocycles. The van der Waals surface area contributed by atoms with Crippen molar-refractivity contribution in [1.29, 1.82) is 0 Å². The smallest absolute Gasteiger partial charge is 0.238 e. The number of nitrogens with zero attached hydrogens (tertiary/aromatic N) is 1. The number of carbonyl (C=O) groups excluding carboxylic acids is 2. The minimum atomic E-state index is -0.530. The Hall–Kier alpha value is -3.40. The van der Waals surface area contributed by atoms with Crippen LogP contribution in [-0.2, 0) is 15.0 Å². The van der Waals surface area contributed by atoms with Crippen molar-refractivity contribution in [2.24, 2.45) is 11.8 Å². The highest BCUT2D eigenvalue weighted by atomic mass is 16.5. The SMILES string of the molecule is CCCCOc1ccc(N2C(=O)C3C4c5ccccc5C(C)(c5ccccc54)C3C2=O)cc1. The van der Waals surface area contributed by atoms with E-state index >= 15 is 0 Å². The summed E-state index contributed by atoms with van der Waals surface area (Å²) in [6.07, 6.45) is 2.07. The maximum absolute atomic E-state index is 13.9. The summed E-state index contributed by atoms with van der Waals surface area (Å²) in [5.74, 6) is -0.308. The quantitative estimate of drug-likeness (QED) is 0.395. The molecule has 0 saturated carbocycles. The lowest BCUT2D eigenvalue weighted by Gasteiger charge is -2.52. The van der Waals surface area contributed by atoms with Crippen LogP contribution in [0.3, 0.4) is 0 Å². The van der Waals surface area contributed by atoms with Gasteiger partial charge in [-0.15, -0.1) is 0 Å². The molecule has 0 N–H and O–H groups in total. The Labute approximate surface area is 194 Å². The summed E-state index contributed by atoms with van der Waals surface area (Å²) in [5.41, 5.74) is 4.82. The van der Waals surface area contributed by atoms with Crippen LogP contribution in [0.2, 0.25) is 0 Å². The third kappa shape index (κ3) is 2.64. The number of rotatable bonds is 5. The van der Waals surface area contributed by atoms with Crippen molar-refractivity contribution in [3.63, 3.8) is 0 Å². The normalized spacial score (nSPS) is 26.7. The summed E-state index contributed by atoms with van der Waals surface area (Å²) < 4.78 is 5.77. The Morgan fingerprint density at radius 2 is 1.45 bits per heavy atom. The van der Waals surface area contributed by atoms with Gasteiger partial charge in [0, 0.05) is 11.3 Å². The predicted octanol–water partition coefficient (Wildman–Crippen LogP) is 5.44. The molecule has 4 heteroatoms. The Balaban J connectivity index is 1.43. The van der Waals surface area contributed by atoms with Crippen LogP contribution >= 0.6 is 0 Å². The zero-order valence-electron chi connectivity index (χ0n) is 19.0. The summed E-state index contributed by atoms with van der Waals surface area (Å²) >= 11 is 0. The molecule has 7 rings (SSSR count). The van der Waals surface area contributed by atoms with E-state index < -0.39 is 11.3 Å². The molecule has 2 atom stereocenters. The van der Waals surface area contributed by atoms with Gasteiger partial charge in [-0.1, -0.05) is 68.8 Å². The van der Waals surface area contributed by atoms with E-state index in [2.05, 4.69) is 38.1 Å². The Bertz CT molecular complexity index is 1210. The van der Waals surface area contributed by atoms with E-state index in [-0.39, 0.29) is 23.7 Å². The van der Waals surface area contributed by atoms with E-state index in [1.54, 1.807) is 0 Å². The van der Waals surface area contributed by atoms with Crippen molar-refractivity contribution in [3.8, 4) is 5.75 Å². The average molecular weight is 438 g/mol. The number of benzene rings is 3. The molecule has 1 heterocycles. The van der Waals surface area contributed by atoms with E-state index in [1.807, 2.05) is 48.5 Å². The van der Waals surface area contributed by atoms with Gasteiger partial charge in [-0.3, -0.25) is 9.59 Å². The van der Waals surface area contributed by atoms with Crippen LogP contribution in [0.25, 0.3) is 0 Å². The van der Waals surface area contributed by atoms with Crippen molar-refractivity contribution in [2.75, 3.05) is 11.5 Å². The van der Waals surface area contributed by atoms with Gasteiger partial charge in [0.2, 0.25) is 11.8 Å². The molecule has 3 aromatic carbocycles. The first-order valence-electron chi connectivity index (χ1n) is 11.9. The van der Waals surface area contributed by atoms with Gasteiger partial charge in [-0.05, 0) is 52.9 Å². The molecule has 3 aromatic rings. The molecule has 4 aliphatic rings. The lowest BCUT2D eigenvalue weighted by atomic mass is 9.48. The molecule has 33 heavy (non-hydrogen) atoms. The second-order valence-corrected chi connectivity index (χ2v) is 9.57. The van der Waals surface area contributed by atoms with E-state index in [1.165, 1.54) is 27.2 Å². The van der Waals surface area contributed by atoms with Crippen LogP contribution < -0.4 is 9.64 Å². The molecular weight excluding hydrogens is 410 g/mol. The fraction of sp³-hybridized carbons (Fsp3) is 0.310. The number of amides is 2. The molecule has 0 aromatic heterocycles. The van der Waals surface area contributed by atoms with Gasteiger partial charge in [0.25, 0.3) is 0 Å². The van der Waals surface area contributed by atoms with Gasteiger partial charge >= 0.3 is 0 Å². The molecule has 2 unspecified atom stereocenters. The summed E-state index contributed by atoms with van der Waals surface area (Å²) in [5, 5.41) is 0. The molecule has 1 aliphatic heterocycles. The van der Waals surface area contributed by atoms with Gasteiger partial charge < -0.3 is 4.74 Å². The van der Waals surface area contributed by atoms with Gasteiger partial charge in [-0.25, -0.2) is 4.90 Å². The van der Waals surface area contributed by atoms with E-state index in [0.29, 0.717) is 12.3 Å². The molecule has 0 spiro atoms. The van der Waals surface area contributed by atoms with Crippen molar-refractivity contribution in [2.45, 2.75) is 38.0 Å². The van der Waals surface area contributed by atoms with Crippen LogP contribution in [0.15, 0.2) is 72.8 Å². The van der Waals surface area contributed by atoms with Crippen molar-refractivity contribution >= 4 is 17.5 Å². The maximum Gasteiger partial charge on any atom is 0.238 e. The fourth-order valence-electron chi connectivity index (χ4n) is 6.43. The topological polar surface area (TPSA) is 46.6 Å². The molecular formula is C29H27NO3. The number of imide groups is 1. The van der Waals surface area contributed by atoms with E-state index in [0.717, 1.165) is 18.6 Å². The first kappa shape index (κ1) is 20.2. The molecule has 2 amide bonds. The van der Waals surface area contributed by atoms with Gasteiger partial charge in [0.05, 0.1) is 24.1 Å². The lowest BCUT2D eigenvalue weighted by molar-refractivity contribution is -0.123. The lowest BCUT2D eigenvalue weighted by Crippen LogP contribution is -2.51. The second kappa shape index (κ2) is 7.31. The highest BCUT2D eigenvalue weighted by molar-refractivity contribution is 6.23. The number of carbonyl (C=O) groups is 2. The summed E-state index contributed by atoms with van der Waals surface area (Å²) in [6.45, 7) is 4.94. The number of hydrogen-bond acceptors (Lipinski definition) is 3. The third-order valence-corrected chi connectivity index (χ3v) is 7.90. The molecule has 2 bridgehead atoms. The molecule has 1 fully saturated rings. The minimum Gasteiger partial charge on any atom is -0.494 e. The van der Waals surface area contributed by atoms with Gasteiger partial charge in [0.15, 0.2) is 0 Å². The van der Waals surface area contributed by atoms with E-state index in [9.17, 15) is 9.59 Å². The number of unbranched alkanes of at least 4 members (excludes halogenated alkanes) is 1. The Kier molecular flexibility index (Phi) is 4.48. The minimum absolute atomic E-state index is 0.0927. The van der Waals surface area contributed by atoms with Crippen LogP contribution in [-0.4, -0.2) is 18.4 Å². The highest BCUT2D eigenvalue weighted by Gasteiger charge is 2.66. The standard InChI is InChI=1S/C29H27NO3/c1-3-4-17-33-19-15-13-18(14-16-19)30-27(31)25-24-20-9-5-7-11-22(20)29(2,26(25)28(30)32)23-12-8-6-10-21(23)24/h5-16,24-26H,3-4,17H2,1-2H3. The third-order valence-electron chi connectivity index (χ3n) is 7.90. The number of anilines is 1. The van der Waals surface area contributed by atoms with E-state index in [4.69, 9.17) is 4.74 Å². The van der Waals surface area contributed by atoms with Crippen LogP contribution in [0.5, 0.6) is 5.75 Å². The van der Waals surface area contributed by atoms with Gasteiger partial charge in [0.1, 0.15) is 5.75 Å². The number of ether oxygens (including phenoxy) is 1. The average Bonchev–Trinajstić information content (AvgIpc) is 3.11. The summed E-state index contributed by atoms with van der Waals surface area (Å²) in [7, 11) is 0. The molecule has 3 aliphatic carbocycles. The second-order valence-electron chi connectivity index (χ2n) is 9.57. The first-order valence-corrected chi connectivity index (χ1v) is 11.9. The van der Waals surface area contributed by atoms with Crippen molar-refractivity contribution < 1.29 is 14.3 Å². The zero-order valence-corrected chi connectivity index (χ0v) is 19.0. The van der Waals surface area contributed by atoms with Crippen LogP contribution in [0.4, 0.5) is 5.69 Å². The zero-order chi connectivity index (χ0) is 22.7. The Morgan fingerprint density at radius 3 is 2.06 bits per heavy atom.